The smallest absolute Gasteiger partial charge is 0.354 e. The highest BCUT2D eigenvalue weighted by Gasteiger charge is 2.41. The standard InChI is InChI=1S/C13H16N2O2/c16-12(17)10-5-4-9-11(15-10)13(8-14-9)6-2-1-3-7-13/h4-5,14H,1-3,6-8H2,(H,16,17). The van der Waals surface area contributed by atoms with Crippen LogP contribution in [0, 0.1) is 0 Å². The van der Waals surface area contributed by atoms with Crippen LogP contribution in [-0.2, 0) is 5.41 Å². The fraction of sp³-hybridized carbons (Fsp3) is 0.538. The molecule has 2 aliphatic rings. The van der Waals surface area contributed by atoms with Gasteiger partial charge in [0.05, 0.1) is 11.4 Å². The van der Waals surface area contributed by atoms with Crippen LogP contribution in [0.15, 0.2) is 12.1 Å². The molecule has 1 fully saturated rings. The van der Waals surface area contributed by atoms with Crippen molar-refractivity contribution in [2.24, 2.45) is 0 Å². The van der Waals surface area contributed by atoms with Crippen molar-refractivity contribution in [2.75, 3.05) is 11.9 Å². The first-order valence-electron chi connectivity index (χ1n) is 6.20. The van der Waals surface area contributed by atoms with E-state index in [1.807, 2.05) is 6.07 Å². The number of pyridine rings is 1. The molecule has 0 radical (unpaired) electrons. The Kier molecular flexibility index (Phi) is 2.31. The molecule has 3 rings (SSSR count). The van der Waals surface area contributed by atoms with Crippen molar-refractivity contribution in [1.29, 1.82) is 0 Å². The third kappa shape index (κ3) is 1.59. The van der Waals surface area contributed by atoms with Crippen LogP contribution in [0.25, 0.3) is 0 Å². The maximum absolute atomic E-state index is 11.0. The fourth-order valence-corrected chi connectivity index (χ4v) is 3.12. The van der Waals surface area contributed by atoms with Crippen LogP contribution in [0.5, 0.6) is 0 Å². The Hall–Kier alpha value is -1.58. The van der Waals surface area contributed by atoms with E-state index in [0.717, 1.165) is 30.8 Å². The molecule has 4 heteroatoms. The van der Waals surface area contributed by atoms with Gasteiger partial charge in [0.2, 0.25) is 0 Å². The van der Waals surface area contributed by atoms with Crippen molar-refractivity contribution in [3.8, 4) is 0 Å². The van der Waals surface area contributed by atoms with Crippen molar-refractivity contribution in [3.05, 3.63) is 23.5 Å². The predicted octanol–water partition coefficient (Wildman–Crippen LogP) is 2.41. The van der Waals surface area contributed by atoms with Crippen LogP contribution >= 0.6 is 0 Å². The van der Waals surface area contributed by atoms with E-state index in [-0.39, 0.29) is 11.1 Å². The Balaban J connectivity index is 2.04. The minimum absolute atomic E-state index is 0.0963. The van der Waals surface area contributed by atoms with Crippen molar-refractivity contribution in [1.82, 2.24) is 4.98 Å². The van der Waals surface area contributed by atoms with Gasteiger partial charge in [0, 0.05) is 12.0 Å². The van der Waals surface area contributed by atoms with Crippen molar-refractivity contribution >= 4 is 11.7 Å². The summed E-state index contributed by atoms with van der Waals surface area (Å²) in [5.41, 5.74) is 2.27. The molecule has 4 nitrogen and oxygen atoms in total. The molecule has 1 saturated carbocycles. The highest BCUT2D eigenvalue weighted by atomic mass is 16.4. The van der Waals surface area contributed by atoms with Crippen LogP contribution in [0.2, 0.25) is 0 Å². The van der Waals surface area contributed by atoms with E-state index >= 15 is 0 Å². The summed E-state index contributed by atoms with van der Waals surface area (Å²) in [6, 6.07) is 3.44. The van der Waals surface area contributed by atoms with E-state index in [2.05, 4.69) is 10.3 Å². The van der Waals surface area contributed by atoms with Gasteiger partial charge in [-0.1, -0.05) is 19.3 Å². The van der Waals surface area contributed by atoms with Crippen LogP contribution in [0.3, 0.4) is 0 Å². The third-order valence-corrected chi connectivity index (χ3v) is 4.04. The third-order valence-electron chi connectivity index (χ3n) is 4.04. The van der Waals surface area contributed by atoms with Gasteiger partial charge in [-0.3, -0.25) is 0 Å². The quantitative estimate of drug-likeness (QED) is 0.780. The molecule has 90 valence electrons. The number of nitrogens with one attached hydrogen (secondary N) is 1. The van der Waals surface area contributed by atoms with E-state index in [9.17, 15) is 4.79 Å². The molecule has 0 atom stereocenters. The van der Waals surface area contributed by atoms with Crippen LogP contribution < -0.4 is 5.32 Å². The minimum atomic E-state index is -0.939. The topological polar surface area (TPSA) is 62.2 Å². The number of aromatic nitrogens is 1. The van der Waals surface area contributed by atoms with Crippen molar-refractivity contribution in [3.63, 3.8) is 0 Å². The van der Waals surface area contributed by atoms with E-state index in [0.29, 0.717) is 0 Å². The number of fused-ring (bicyclic) bond motifs is 2. The number of anilines is 1. The second kappa shape index (κ2) is 3.72. The van der Waals surface area contributed by atoms with Gasteiger partial charge in [-0.2, -0.15) is 0 Å². The van der Waals surface area contributed by atoms with Gasteiger partial charge < -0.3 is 10.4 Å². The summed E-state index contributed by atoms with van der Waals surface area (Å²) >= 11 is 0. The molecular formula is C13H16N2O2. The Morgan fingerprint density at radius 1 is 1.29 bits per heavy atom. The molecule has 0 saturated heterocycles. The van der Waals surface area contributed by atoms with Gasteiger partial charge in [0.15, 0.2) is 0 Å². The summed E-state index contributed by atoms with van der Waals surface area (Å²) in [5, 5.41) is 12.4. The Labute approximate surface area is 100 Å². The van der Waals surface area contributed by atoms with Crippen molar-refractivity contribution < 1.29 is 9.90 Å². The predicted molar refractivity (Wildman–Crippen MR) is 64.4 cm³/mol. The van der Waals surface area contributed by atoms with Gasteiger partial charge in [-0.05, 0) is 25.0 Å². The average molecular weight is 232 g/mol. The summed E-state index contributed by atoms with van der Waals surface area (Å²) in [6.07, 6.45) is 5.99. The van der Waals surface area contributed by atoms with Gasteiger partial charge in [0.1, 0.15) is 5.69 Å². The SMILES string of the molecule is O=C(O)c1ccc2c(n1)C1(CCCCC1)CN2. The molecule has 1 aromatic rings. The number of aromatic carboxylic acids is 1. The maximum atomic E-state index is 11.0. The normalized spacial score (nSPS) is 20.9. The molecule has 2 N–H and O–H groups in total. The number of hydrogen-bond donors (Lipinski definition) is 2. The van der Waals surface area contributed by atoms with E-state index in [1.165, 1.54) is 19.3 Å². The number of carboxylic acids is 1. The number of nitrogens with zero attached hydrogens (tertiary/aromatic N) is 1. The largest absolute Gasteiger partial charge is 0.477 e. The fourth-order valence-electron chi connectivity index (χ4n) is 3.12. The summed E-state index contributed by atoms with van der Waals surface area (Å²) in [5.74, 6) is -0.939. The van der Waals surface area contributed by atoms with Gasteiger partial charge >= 0.3 is 5.97 Å². The molecule has 2 heterocycles. The molecule has 1 aliphatic heterocycles. The average Bonchev–Trinajstić information content (AvgIpc) is 2.69. The lowest BCUT2D eigenvalue weighted by molar-refractivity contribution is 0.0690. The van der Waals surface area contributed by atoms with E-state index in [4.69, 9.17) is 5.11 Å². The number of carboxylic acid groups (broad SMARTS) is 1. The first-order chi connectivity index (χ1) is 8.21. The zero-order valence-electron chi connectivity index (χ0n) is 9.70. The molecule has 0 bridgehead atoms. The Morgan fingerprint density at radius 2 is 2.06 bits per heavy atom. The molecule has 1 spiro atoms. The van der Waals surface area contributed by atoms with Crippen LogP contribution in [0.1, 0.15) is 48.3 Å². The molecule has 0 unspecified atom stereocenters. The highest BCUT2D eigenvalue weighted by Crippen LogP contribution is 2.45. The number of carbonyl (C=O) groups is 1. The highest BCUT2D eigenvalue weighted by molar-refractivity contribution is 5.86. The molecule has 1 aromatic heterocycles. The number of rotatable bonds is 1. The summed E-state index contributed by atoms with van der Waals surface area (Å²) < 4.78 is 0. The first-order valence-corrected chi connectivity index (χ1v) is 6.20. The number of hydrogen-bond acceptors (Lipinski definition) is 3. The first kappa shape index (κ1) is 10.6. The minimum Gasteiger partial charge on any atom is -0.477 e. The zero-order chi connectivity index (χ0) is 11.9. The van der Waals surface area contributed by atoms with E-state index in [1.54, 1.807) is 6.07 Å². The lowest BCUT2D eigenvalue weighted by atomic mass is 9.73. The zero-order valence-corrected chi connectivity index (χ0v) is 9.70. The van der Waals surface area contributed by atoms with Crippen LogP contribution in [0.4, 0.5) is 5.69 Å². The van der Waals surface area contributed by atoms with Crippen molar-refractivity contribution in [2.45, 2.75) is 37.5 Å². The van der Waals surface area contributed by atoms with E-state index < -0.39 is 5.97 Å². The summed E-state index contributed by atoms with van der Waals surface area (Å²) in [7, 11) is 0. The van der Waals surface area contributed by atoms with Crippen LogP contribution in [-0.4, -0.2) is 22.6 Å². The lowest BCUT2D eigenvalue weighted by Crippen LogP contribution is -2.32. The van der Waals surface area contributed by atoms with Gasteiger partial charge in [-0.15, -0.1) is 0 Å². The summed E-state index contributed by atoms with van der Waals surface area (Å²) in [6.45, 7) is 0.915. The molecular weight excluding hydrogens is 216 g/mol. The Morgan fingerprint density at radius 3 is 2.76 bits per heavy atom. The van der Waals surface area contributed by atoms with Gasteiger partial charge in [0.25, 0.3) is 0 Å². The molecule has 0 aromatic carbocycles. The second-order valence-corrected chi connectivity index (χ2v) is 5.09. The molecule has 0 amide bonds. The second-order valence-electron chi connectivity index (χ2n) is 5.09. The summed E-state index contributed by atoms with van der Waals surface area (Å²) in [4.78, 5) is 15.4. The maximum Gasteiger partial charge on any atom is 0.354 e. The lowest BCUT2D eigenvalue weighted by Gasteiger charge is -2.32. The van der Waals surface area contributed by atoms with Gasteiger partial charge in [-0.25, -0.2) is 9.78 Å². The molecule has 1 aliphatic carbocycles. The Bertz CT molecular complexity index is 459. The monoisotopic (exact) mass is 232 g/mol. The molecule has 17 heavy (non-hydrogen) atoms.